The van der Waals surface area contributed by atoms with Crippen molar-refractivity contribution < 1.29 is 9.90 Å². The van der Waals surface area contributed by atoms with Gasteiger partial charge in [0.1, 0.15) is 0 Å². The molecule has 17 heavy (non-hydrogen) atoms. The van der Waals surface area contributed by atoms with E-state index >= 15 is 0 Å². The van der Waals surface area contributed by atoms with Crippen LogP contribution in [0.3, 0.4) is 0 Å². The minimum Gasteiger partial charge on any atom is -0.481 e. The molecule has 0 aromatic heterocycles. The molecule has 0 saturated carbocycles. The molecule has 1 atom stereocenters. The van der Waals surface area contributed by atoms with E-state index in [-0.39, 0.29) is 17.8 Å². The summed E-state index contributed by atoms with van der Waals surface area (Å²) < 4.78 is 0. The number of hydrogen-bond donors (Lipinski definition) is 1. The molecule has 1 aromatic carbocycles. The zero-order valence-corrected chi connectivity index (χ0v) is 10.8. The second kappa shape index (κ2) is 4.17. The number of carboxylic acids is 1. The lowest BCUT2D eigenvalue weighted by molar-refractivity contribution is -0.138. The summed E-state index contributed by atoms with van der Waals surface area (Å²) in [5.74, 6) is -0.542. The van der Waals surface area contributed by atoms with Gasteiger partial charge in [-0.25, -0.2) is 0 Å². The van der Waals surface area contributed by atoms with E-state index in [0.717, 1.165) is 12.8 Å². The second-order valence-electron chi connectivity index (χ2n) is 5.70. The number of hydrogen-bond acceptors (Lipinski definition) is 1. The molecule has 0 amide bonds. The van der Waals surface area contributed by atoms with Crippen LogP contribution < -0.4 is 0 Å². The number of carboxylic acid groups (broad SMARTS) is 1. The largest absolute Gasteiger partial charge is 0.481 e. The monoisotopic (exact) mass is 232 g/mol. The lowest BCUT2D eigenvalue weighted by Crippen LogP contribution is -2.20. The van der Waals surface area contributed by atoms with E-state index in [1.54, 1.807) is 0 Å². The zero-order valence-electron chi connectivity index (χ0n) is 10.8. The van der Waals surface area contributed by atoms with E-state index in [1.165, 1.54) is 16.7 Å². The number of aryl methyl sites for hydroxylation is 1. The van der Waals surface area contributed by atoms with Crippen molar-refractivity contribution in [2.45, 2.75) is 46.0 Å². The van der Waals surface area contributed by atoms with Crippen LogP contribution in [0, 0.1) is 5.41 Å². The Bertz CT molecular complexity index is 446. The van der Waals surface area contributed by atoms with Gasteiger partial charge in [-0.3, -0.25) is 4.79 Å². The number of aliphatic carboxylic acids is 1. The molecule has 2 heteroatoms. The van der Waals surface area contributed by atoms with Gasteiger partial charge in [0.2, 0.25) is 0 Å². The molecule has 92 valence electrons. The Morgan fingerprint density at radius 3 is 2.76 bits per heavy atom. The highest BCUT2D eigenvalue weighted by atomic mass is 16.4. The van der Waals surface area contributed by atoms with Gasteiger partial charge in [-0.1, -0.05) is 39.0 Å². The Morgan fingerprint density at radius 1 is 1.47 bits per heavy atom. The van der Waals surface area contributed by atoms with Crippen LogP contribution in [-0.2, 0) is 17.6 Å². The fourth-order valence-corrected chi connectivity index (χ4v) is 2.95. The summed E-state index contributed by atoms with van der Waals surface area (Å²) in [5, 5.41) is 9.06. The van der Waals surface area contributed by atoms with Crippen molar-refractivity contribution in [3.05, 3.63) is 34.9 Å². The van der Waals surface area contributed by atoms with Crippen LogP contribution in [0.1, 0.15) is 49.8 Å². The van der Waals surface area contributed by atoms with Crippen molar-refractivity contribution in [1.82, 2.24) is 0 Å². The van der Waals surface area contributed by atoms with Crippen LogP contribution in [0.25, 0.3) is 0 Å². The predicted octanol–water partition coefficient (Wildman–Crippen LogP) is 3.39. The number of fused-ring (bicyclic) bond motifs is 1. The van der Waals surface area contributed by atoms with Crippen molar-refractivity contribution in [1.29, 1.82) is 0 Å². The Hall–Kier alpha value is -1.31. The third-order valence-electron chi connectivity index (χ3n) is 3.96. The topological polar surface area (TPSA) is 37.3 Å². The molecule has 0 saturated heterocycles. The highest BCUT2D eigenvalue weighted by Gasteiger charge is 2.39. The Labute approximate surface area is 103 Å². The molecule has 1 aliphatic carbocycles. The van der Waals surface area contributed by atoms with Crippen molar-refractivity contribution in [2.75, 3.05) is 0 Å². The maximum atomic E-state index is 11.0. The molecule has 1 aliphatic rings. The molecule has 0 bridgehead atoms. The van der Waals surface area contributed by atoms with E-state index in [0.29, 0.717) is 0 Å². The SMILES string of the molecule is CCc1ccc2c(c1)C(CC(=O)O)C(C)(C)C2. The lowest BCUT2D eigenvalue weighted by atomic mass is 9.78. The minimum atomic E-state index is -0.696. The maximum Gasteiger partial charge on any atom is 0.303 e. The molecule has 1 aromatic rings. The molecule has 0 fully saturated rings. The molecule has 1 N–H and O–H groups in total. The van der Waals surface area contributed by atoms with E-state index in [2.05, 4.69) is 39.0 Å². The van der Waals surface area contributed by atoms with Crippen molar-refractivity contribution >= 4 is 5.97 Å². The summed E-state index contributed by atoms with van der Waals surface area (Å²) in [6.07, 6.45) is 2.24. The molecule has 2 rings (SSSR count). The van der Waals surface area contributed by atoms with Crippen molar-refractivity contribution in [3.8, 4) is 0 Å². The summed E-state index contributed by atoms with van der Waals surface area (Å²) >= 11 is 0. The lowest BCUT2D eigenvalue weighted by Gasteiger charge is -2.26. The van der Waals surface area contributed by atoms with Gasteiger partial charge < -0.3 is 5.11 Å². The molecule has 0 aliphatic heterocycles. The summed E-state index contributed by atoms with van der Waals surface area (Å²) in [6, 6.07) is 6.55. The first-order chi connectivity index (χ1) is 7.94. The normalized spacial score (nSPS) is 21.2. The van der Waals surface area contributed by atoms with Gasteiger partial charge in [0.15, 0.2) is 0 Å². The zero-order chi connectivity index (χ0) is 12.6. The fraction of sp³-hybridized carbons (Fsp3) is 0.533. The standard InChI is InChI=1S/C15H20O2/c1-4-10-5-6-11-9-15(2,3)13(8-14(16)17)12(11)7-10/h5-7,13H,4,8-9H2,1-3H3,(H,16,17). The first-order valence-corrected chi connectivity index (χ1v) is 6.27. The predicted molar refractivity (Wildman–Crippen MR) is 68.3 cm³/mol. The number of benzene rings is 1. The summed E-state index contributed by atoms with van der Waals surface area (Å²) in [4.78, 5) is 11.0. The Kier molecular flexibility index (Phi) is 2.98. The van der Waals surface area contributed by atoms with Gasteiger partial charge in [0, 0.05) is 5.92 Å². The fourth-order valence-electron chi connectivity index (χ4n) is 2.95. The summed E-state index contributed by atoms with van der Waals surface area (Å²) in [5.41, 5.74) is 3.96. The van der Waals surface area contributed by atoms with Gasteiger partial charge in [0.05, 0.1) is 6.42 Å². The first kappa shape index (κ1) is 12.2. The Morgan fingerprint density at radius 2 is 2.18 bits per heavy atom. The van der Waals surface area contributed by atoms with Gasteiger partial charge in [-0.15, -0.1) is 0 Å². The minimum absolute atomic E-state index is 0.0626. The van der Waals surface area contributed by atoms with Crippen LogP contribution in [0.15, 0.2) is 18.2 Å². The molecular formula is C15H20O2. The van der Waals surface area contributed by atoms with E-state index in [1.807, 2.05) is 0 Å². The van der Waals surface area contributed by atoms with Crippen molar-refractivity contribution in [2.24, 2.45) is 5.41 Å². The van der Waals surface area contributed by atoms with Gasteiger partial charge in [-0.05, 0) is 34.9 Å². The van der Waals surface area contributed by atoms with E-state index in [4.69, 9.17) is 5.11 Å². The van der Waals surface area contributed by atoms with Crippen molar-refractivity contribution in [3.63, 3.8) is 0 Å². The molecule has 0 spiro atoms. The Balaban J connectivity index is 2.42. The first-order valence-electron chi connectivity index (χ1n) is 6.27. The summed E-state index contributed by atoms with van der Waals surface area (Å²) in [7, 11) is 0. The van der Waals surface area contributed by atoms with E-state index in [9.17, 15) is 4.79 Å². The van der Waals surface area contributed by atoms with Gasteiger partial charge >= 0.3 is 5.97 Å². The van der Waals surface area contributed by atoms with Crippen LogP contribution in [0.5, 0.6) is 0 Å². The number of rotatable bonds is 3. The van der Waals surface area contributed by atoms with Gasteiger partial charge in [-0.2, -0.15) is 0 Å². The highest BCUT2D eigenvalue weighted by molar-refractivity contribution is 5.69. The quantitative estimate of drug-likeness (QED) is 0.867. The third kappa shape index (κ3) is 2.21. The third-order valence-corrected chi connectivity index (χ3v) is 3.96. The highest BCUT2D eigenvalue weighted by Crippen LogP contribution is 2.48. The number of carbonyl (C=O) groups is 1. The molecule has 2 nitrogen and oxygen atoms in total. The van der Waals surface area contributed by atoms with Gasteiger partial charge in [0.25, 0.3) is 0 Å². The maximum absolute atomic E-state index is 11.0. The molecular weight excluding hydrogens is 212 g/mol. The van der Waals surface area contributed by atoms with Crippen LogP contribution in [0.2, 0.25) is 0 Å². The molecule has 0 radical (unpaired) electrons. The van der Waals surface area contributed by atoms with Crippen LogP contribution >= 0.6 is 0 Å². The average Bonchev–Trinajstić information content (AvgIpc) is 2.49. The second-order valence-corrected chi connectivity index (χ2v) is 5.70. The van der Waals surface area contributed by atoms with Crippen LogP contribution in [-0.4, -0.2) is 11.1 Å². The smallest absolute Gasteiger partial charge is 0.303 e. The average molecular weight is 232 g/mol. The van der Waals surface area contributed by atoms with Crippen LogP contribution in [0.4, 0.5) is 0 Å². The molecule has 1 unspecified atom stereocenters. The molecule has 0 heterocycles. The van der Waals surface area contributed by atoms with E-state index < -0.39 is 5.97 Å². The summed E-state index contributed by atoms with van der Waals surface area (Å²) in [6.45, 7) is 6.48.